The van der Waals surface area contributed by atoms with E-state index >= 15 is 0 Å². The first-order valence-electron chi connectivity index (χ1n) is 13.6. The molecule has 0 saturated carbocycles. The molecule has 2 N–H and O–H groups in total. The van der Waals surface area contributed by atoms with Gasteiger partial charge in [-0.25, -0.2) is 19.9 Å². The zero-order chi connectivity index (χ0) is 29.9. The molecule has 8 nitrogen and oxygen atoms in total. The molecular weight excluding hydrogens is 585 g/mol. The van der Waals surface area contributed by atoms with Crippen LogP contribution in [0.3, 0.4) is 0 Å². The fourth-order valence-corrected chi connectivity index (χ4v) is 5.96. The van der Waals surface area contributed by atoms with Crippen molar-refractivity contribution in [2.45, 2.75) is 0 Å². The highest BCUT2D eigenvalue weighted by molar-refractivity contribution is 8.27. The van der Waals surface area contributed by atoms with Crippen molar-refractivity contribution in [2.75, 3.05) is 0 Å². The number of benzene rings is 2. The van der Waals surface area contributed by atoms with E-state index in [-0.39, 0.29) is 10.1 Å². The molecule has 210 valence electrons. The molecule has 2 aromatic carbocycles. The lowest BCUT2D eigenvalue weighted by Crippen LogP contribution is -2.06. The maximum absolute atomic E-state index is 8.68. The average Bonchev–Trinajstić information content (AvgIpc) is 3.59. The second-order valence-electron chi connectivity index (χ2n) is 9.66. The Morgan fingerprint density at radius 2 is 1.02 bits per heavy atom. The van der Waals surface area contributed by atoms with Crippen molar-refractivity contribution in [3.05, 3.63) is 133 Å². The summed E-state index contributed by atoms with van der Waals surface area (Å²) >= 11 is 2.42. The van der Waals surface area contributed by atoms with Gasteiger partial charge in [0.25, 0.3) is 0 Å². The molecule has 0 amide bonds. The third-order valence-corrected chi connectivity index (χ3v) is 8.52. The SMILES string of the molecule is N=C(SC(=N)c1ccc2ccc(-c3nnc(-c4cccc(-c5ccccc5)n4)s3)nc2n1)c1cccc(-c2ccccc2)n1. The fourth-order valence-electron chi connectivity index (χ4n) is 4.54. The largest absolute Gasteiger partial charge is 0.292 e. The number of fused-ring (bicyclic) bond motifs is 1. The van der Waals surface area contributed by atoms with Crippen LogP contribution in [0.1, 0.15) is 11.4 Å². The van der Waals surface area contributed by atoms with Gasteiger partial charge >= 0.3 is 0 Å². The van der Waals surface area contributed by atoms with Gasteiger partial charge in [0.2, 0.25) is 0 Å². The Morgan fingerprint density at radius 1 is 0.477 bits per heavy atom. The van der Waals surface area contributed by atoms with Crippen molar-refractivity contribution in [1.29, 1.82) is 10.8 Å². The van der Waals surface area contributed by atoms with E-state index in [9.17, 15) is 0 Å². The highest BCUT2D eigenvalue weighted by Crippen LogP contribution is 2.30. The number of nitrogens with one attached hydrogen (secondary N) is 2. The van der Waals surface area contributed by atoms with Gasteiger partial charge in [0.15, 0.2) is 15.7 Å². The first kappa shape index (κ1) is 27.4. The molecule has 0 atom stereocenters. The molecule has 0 saturated heterocycles. The predicted octanol–water partition coefficient (Wildman–Crippen LogP) is 8.02. The molecule has 7 aromatic rings. The van der Waals surface area contributed by atoms with Crippen LogP contribution in [0.2, 0.25) is 0 Å². The van der Waals surface area contributed by atoms with Crippen LogP contribution in [-0.2, 0) is 0 Å². The molecule has 0 spiro atoms. The van der Waals surface area contributed by atoms with Crippen LogP contribution in [-0.4, -0.2) is 40.2 Å². The average molecular weight is 607 g/mol. The number of aromatic nitrogens is 6. The van der Waals surface area contributed by atoms with Crippen molar-refractivity contribution in [3.63, 3.8) is 0 Å². The fraction of sp³-hybridized carbons (Fsp3) is 0. The maximum atomic E-state index is 8.68. The van der Waals surface area contributed by atoms with E-state index in [1.54, 1.807) is 12.1 Å². The van der Waals surface area contributed by atoms with Gasteiger partial charge in [0.1, 0.15) is 21.5 Å². The lowest BCUT2D eigenvalue weighted by molar-refractivity contribution is 1.08. The molecule has 0 aliphatic rings. The first-order chi connectivity index (χ1) is 21.6. The van der Waals surface area contributed by atoms with Crippen LogP contribution in [0.15, 0.2) is 121 Å². The van der Waals surface area contributed by atoms with Crippen molar-refractivity contribution in [3.8, 4) is 43.9 Å². The number of thioether (sulfide) groups is 1. The third kappa shape index (κ3) is 5.76. The van der Waals surface area contributed by atoms with Gasteiger partial charge in [0.05, 0.1) is 22.8 Å². The molecule has 0 aliphatic heterocycles. The van der Waals surface area contributed by atoms with Crippen molar-refractivity contribution < 1.29 is 0 Å². The maximum Gasteiger partial charge on any atom is 0.166 e. The molecule has 44 heavy (non-hydrogen) atoms. The normalized spacial score (nSPS) is 11.0. The van der Waals surface area contributed by atoms with Crippen LogP contribution in [0, 0.1) is 10.8 Å². The van der Waals surface area contributed by atoms with E-state index in [1.165, 1.54) is 11.3 Å². The zero-order valence-electron chi connectivity index (χ0n) is 23.0. The molecular formula is C34H22N8S2. The molecule has 0 fully saturated rings. The summed E-state index contributed by atoms with van der Waals surface area (Å²) in [5.74, 6) is 0. The molecule has 0 bridgehead atoms. The number of hydrogen-bond acceptors (Lipinski definition) is 10. The topological polar surface area (TPSA) is 125 Å². The minimum atomic E-state index is 0.138. The zero-order valence-corrected chi connectivity index (χ0v) is 24.7. The number of nitrogens with zero attached hydrogens (tertiary/aromatic N) is 6. The summed E-state index contributed by atoms with van der Waals surface area (Å²) < 4.78 is 0. The Bertz CT molecular complexity index is 2150. The summed E-state index contributed by atoms with van der Waals surface area (Å²) in [6.07, 6.45) is 0. The Labute approximate surface area is 261 Å². The minimum absolute atomic E-state index is 0.138. The van der Waals surface area contributed by atoms with Gasteiger partial charge in [0, 0.05) is 16.5 Å². The highest BCUT2D eigenvalue weighted by atomic mass is 32.2. The Morgan fingerprint density at radius 3 is 1.70 bits per heavy atom. The van der Waals surface area contributed by atoms with Gasteiger partial charge in [-0.15, -0.1) is 10.2 Å². The van der Waals surface area contributed by atoms with Crippen LogP contribution in [0.4, 0.5) is 0 Å². The second-order valence-corrected chi connectivity index (χ2v) is 11.7. The van der Waals surface area contributed by atoms with E-state index in [4.69, 9.17) is 20.8 Å². The van der Waals surface area contributed by atoms with Crippen LogP contribution < -0.4 is 0 Å². The summed E-state index contributed by atoms with van der Waals surface area (Å²) in [5.41, 5.74) is 6.45. The quantitative estimate of drug-likeness (QED) is 0.145. The summed E-state index contributed by atoms with van der Waals surface area (Å²) in [6, 6.07) is 38.7. The van der Waals surface area contributed by atoms with Crippen molar-refractivity contribution in [1.82, 2.24) is 30.1 Å². The van der Waals surface area contributed by atoms with Crippen molar-refractivity contribution in [2.24, 2.45) is 0 Å². The molecule has 5 heterocycles. The Balaban J connectivity index is 1.11. The second kappa shape index (κ2) is 12.0. The van der Waals surface area contributed by atoms with Crippen LogP contribution >= 0.6 is 23.1 Å². The van der Waals surface area contributed by atoms with Crippen LogP contribution in [0.5, 0.6) is 0 Å². The Hall–Kier alpha value is -5.45. The molecule has 0 unspecified atom stereocenters. The van der Waals surface area contributed by atoms with Crippen molar-refractivity contribution >= 4 is 44.2 Å². The minimum Gasteiger partial charge on any atom is -0.292 e. The lowest BCUT2D eigenvalue weighted by Gasteiger charge is -2.08. The van der Waals surface area contributed by atoms with Gasteiger partial charge < -0.3 is 0 Å². The molecule has 10 heteroatoms. The smallest absolute Gasteiger partial charge is 0.166 e. The standard InChI is InChI=1S/C34H22N8S2/c35-30(26-15-7-13-24(37-26)21-9-3-1-4-10-21)43-31(36)27-19-17-23-18-20-29(40-32(23)39-27)34-42-41-33(44-34)28-16-8-14-25(38-28)22-11-5-2-6-12-22/h1-20,35-36H. The molecule has 0 radical (unpaired) electrons. The van der Waals surface area contributed by atoms with E-state index in [2.05, 4.69) is 20.2 Å². The van der Waals surface area contributed by atoms with E-state index in [1.807, 2.05) is 109 Å². The monoisotopic (exact) mass is 606 g/mol. The molecule has 0 aliphatic carbocycles. The summed E-state index contributed by atoms with van der Waals surface area (Å²) in [4.78, 5) is 18.8. The van der Waals surface area contributed by atoms with E-state index < -0.39 is 0 Å². The van der Waals surface area contributed by atoms with Crippen LogP contribution in [0.25, 0.3) is 55.0 Å². The van der Waals surface area contributed by atoms with E-state index in [0.29, 0.717) is 32.7 Å². The van der Waals surface area contributed by atoms with Gasteiger partial charge in [-0.3, -0.25) is 10.8 Å². The van der Waals surface area contributed by atoms with E-state index in [0.717, 1.165) is 45.4 Å². The first-order valence-corrected chi connectivity index (χ1v) is 15.3. The Kier molecular flexibility index (Phi) is 7.49. The summed E-state index contributed by atoms with van der Waals surface area (Å²) in [5, 5.41) is 28.6. The molecule has 7 rings (SSSR count). The highest BCUT2D eigenvalue weighted by Gasteiger charge is 2.15. The van der Waals surface area contributed by atoms with Gasteiger partial charge in [-0.1, -0.05) is 84.1 Å². The molecule has 5 aromatic heterocycles. The number of pyridine rings is 4. The third-order valence-electron chi connectivity index (χ3n) is 6.72. The lowest BCUT2D eigenvalue weighted by atomic mass is 10.1. The predicted molar refractivity (Wildman–Crippen MR) is 178 cm³/mol. The summed E-state index contributed by atoms with van der Waals surface area (Å²) in [6.45, 7) is 0. The van der Waals surface area contributed by atoms with Gasteiger partial charge in [-0.05, 0) is 60.3 Å². The number of rotatable bonds is 6. The van der Waals surface area contributed by atoms with Gasteiger partial charge in [-0.2, -0.15) is 0 Å². The number of hydrogen-bond donors (Lipinski definition) is 2. The summed E-state index contributed by atoms with van der Waals surface area (Å²) in [7, 11) is 0.